The molecule has 0 aliphatic carbocycles. The lowest BCUT2D eigenvalue weighted by Crippen LogP contribution is -2.36. The smallest absolute Gasteiger partial charge is 0.260 e. The molecule has 106 valence electrons. The molecular formula is C14H20BrNO3. The number of halogens is 1. The van der Waals surface area contributed by atoms with Crippen LogP contribution in [0.3, 0.4) is 0 Å². The normalized spacial score (nSPS) is 12.4. The predicted octanol–water partition coefficient (Wildman–Crippen LogP) is 2.75. The number of rotatable bonds is 5. The van der Waals surface area contributed by atoms with Gasteiger partial charge in [-0.3, -0.25) is 4.79 Å². The molecule has 0 bridgehead atoms. The molecule has 1 unspecified atom stereocenters. The van der Waals surface area contributed by atoms with E-state index in [4.69, 9.17) is 4.74 Å². The standard InChI is InChI=1S/C14H20BrNO3/c1-9(2)16(4)14(18)8-19-13-7-11(15)5-6-12(13)10(3)17/h5-7,9-10,17H,8H2,1-4H3. The molecule has 0 fully saturated rings. The van der Waals surface area contributed by atoms with Gasteiger partial charge in [0, 0.05) is 23.1 Å². The Hall–Kier alpha value is -1.07. The number of hydrogen-bond acceptors (Lipinski definition) is 3. The van der Waals surface area contributed by atoms with Gasteiger partial charge in [-0.05, 0) is 32.9 Å². The Bertz CT molecular complexity index is 446. The Morgan fingerprint density at radius 2 is 2.05 bits per heavy atom. The van der Waals surface area contributed by atoms with Gasteiger partial charge in [0.05, 0.1) is 6.10 Å². The molecule has 1 atom stereocenters. The highest BCUT2D eigenvalue weighted by molar-refractivity contribution is 9.10. The molecule has 5 heteroatoms. The first kappa shape index (κ1) is 16.0. The van der Waals surface area contributed by atoms with Crippen LogP contribution >= 0.6 is 15.9 Å². The highest BCUT2D eigenvalue weighted by Gasteiger charge is 2.15. The highest BCUT2D eigenvalue weighted by atomic mass is 79.9. The Morgan fingerprint density at radius 1 is 1.42 bits per heavy atom. The van der Waals surface area contributed by atoms with Gasteiger partial charge in [0.1, 0.15) is 5.75 Å². The van der Waals surface area contributed by atoms with Crippen molar-refractivity contribution in [3.8, 4) is 5.75 Å². The molecule has 1 aromatic rings. The largest absolute Gasteiger partial charge is 0.483 e. The summed E-state index contributed by atoms with van der Waals surface area (Å²) in [5.41, 5.74) is 0.670. The lowest BCUT2D eigenvalue weighted by atomic mass is 10.1. The summed E-state index contributed by atoms with van der Waals surface area (Å²) in [6.07, 6.45) is -0.638. The zero-order valence-electron chi connectivity index (χ0n) is 11.7. The number of likely N-dealkylation sites (N-methyl/N-ethyl adjacent to an activating group) is 1. The number of ether oxygens (including phenoxy) is 1. The van der Waals surface area contributed by atoms with Crippen molar-refractivity contribution in [1.82, 2.24) is 4.90 Å². The lowest BCUT2D eigenvalue weighted by molar-refractivity contribution is -0.133. The van der Waals surface area contributed by atoms with Crippen LogP contribution < -0.4 is 4.74 Å². The SMILES string of the molecule is CC(O)c1ccc(Br)cc1OCC(=O)N(C)C(C)C. The number of carbonyl (C=O) groups excluding carboxylic acids is 1. The molecular weight excluding hydrogens is 310 g/mol. The van der Waals surface area contributed by atoms with Crippen molar-refractivity contribution in [1.29, 1.82) is 0 Å². The van der Waals surface area contributed by atoms with Gasteiger partial charge in [-0.15, -0.1) is 0 Å². The van der Waals surface area contributed by atoms with Crippen LogP contribution in [-0.4, -0.2) is 35.6 Å². The molecule has 1 amide bonds. The Morgan fingerprint density at radius 3 is 2.58 bits per heavy atom. The van der Waals surface area contributed by atoms with Gasteiger partial charge in [0.15, 0.2) is 6.61 Å². The molecule has 1 aromatic carbocycles. The third kappa shape index (κ3) is 4.51. The molecule has 0 spiro atoms. The summed E-state index contributed by atoms with van der Waals surface area (Å²) in [6.45, 7) is 5.51. The quantitative estimate of drug-likeness (QED) is 0.903. The molecule has 19 heavy (non-hydrogen) atoms. The molecule has 0 aliphatic heterocycles. The van der Waals surface area contributed by atoms with E-state index < -0.39 is 6.10 Å². The zero-order valence-corrected chi connectivity index (χ0v) is 13.3. The van der Waals surface area contributed by atoms with Crippen molar-refractivity contribution in [2.24, 2.45) is 0 Å². The van der Waals surface area contributed by atoms with E-state index in [1.807, 2.05) is 19.9 Å². The van der Waals surface area contributed by atoms with Gasteiger partial charge in [0.2, 0.25) is 0 Å². The number of hydrogen-bond donors (Lipinski definition) is 1. The average Bonchev–Trinajstić information content (AvgIpc) is 2.34. The topological polar surface area (TPSA) is 49.8 Å². The van der Waals surface area contributed by atoms with E-state index in [-0.39, 0.29) is 18.6 Å². The molecule has 4 nitrogen and oxygen atoms in total. The maximum absolute atomic E-state index is 11.9. The molecule has 0 heterocycles. The van der Waals surface area contributed by atoms with E-state index in [9.17, 15) is 9.90 Å². The number of aliphatic hydroxyl groups is 1. The van der Waals surface area contributed by atoms with E-state index in [1.165, 1.54) is 0 Å². The fourth-order valence-electron chi connectivity index (χ4n) is 1.51. The van der Waals surface area contributed by atoms with E-state index in [1.54, 1.807) is 31.0 Å². The van der Waals surface area contributed by atoms with Crippen LogP contribution in [0, 0.1) is 0 Å². The second-order valence-corrected chi connectivity index (χ2v) is 5.66. The number of nitrogens with zero attached hydrogens (tertiary/aromatic N) is 1. The summed E-state index contributed by atoms with van der Waals surface area (Å²) in [5, 5.41) is 9.67. The summed E-state index contributed by atoms with van der Waals surface area (Å²) in [6, 6.07) is 5.50. The Labute approximate surface area is 122 Å². The maximum Gasteiger partial charge on any atom is 0.260 e. The summed E-state index contributed by atoms with van der Waals surface area (Å²) in [7, 11) is 1.74. The average molecular weight is 330 g/mol. The van der Waals surface area contributed by atoms with Crippen LogP contribution in [0.2, 0.25) is 0 Å². The van der Waals surface area contributed by atoms with Crippen LogP contribution in [0.5, 0.6) is 5.75 Å². The van der Waals surface area contributed by atoms with Gasteiger partial charge in [0.25, 0.3) is 5.91 Å². The van der Waals surface area contributed by atoms with Gasteiger partial charge in [-0.2, -0.15) is 0 Å². The number of carbonyl (C=O) groups is 1. The molecule has 0 saturated heterocycles. The minimum Gasteiger partial charge on any atom is -0.483 e. The van der Waals surface area contributed by atoms with Crippen molar-refractivity contribution in [3.63, 3.8) is 0 Å². The van der Waals surface area contributed by atoms with Gasteiger partial charge >= 0.3 is 0 Å². The van der Waals surface area contributed by atoms with E-state index >= 15 is 0 Å². The minimum absolute atomic E-state index is 0.0369. The monoisotopic (exact) mass is 329 g/mol. The Balaban J connectivity index is 2.77. The van der Waals surface area contributed by atoms with Crippen LogP contribution in [0.25, 0.3) is 0 Å². The lowest BCUT2D eigenvalue weighted by Gasteiger charge is -2.22. The van der Waals surface area contributed by atoms with Crippen LogP contribution in [-0.2, 0) is 4.79 Å². The van der Waals surface area contributed by atoms with Gasteiger partial charge < -0.3 is 14.7 Å². The molecule has 0 saturated carbocycles. The zero-order chi connectivity index (χ0) is 14.6. The van der Waals surface area contributed by atoms with Crippen LogP contribution in [0.1, 0.15) is 32.4 Å². The first-order valence-corrected chi connectivity index (χ1v) is 6.98. The van der Waals surface area contributed by atoms with Crippen LogP contribution in [0.15, 0.2) is 22.7 Å². The van der Waals surface area contributed by atoms with E-state index in [0.29, 0.717) is 11.3 Å². The molecule has 1 N–H and O–H groups in total. The third-order valence-electron chi connectivity index (χ3n) is 2.94. The van der Waals surface area contributed by atoms with Crippen molar-refractivity contribution < 1.29 is 14.6 Å². The molecule has 0 radical (unpaired) electrons. The summed E-state index contributed by atoms with van der Waals surface area (Å²) in [5.74, 6) is 0.432. The number of amides is 1. The van der Waals surface area contributed by atoms with Gasteiger partial charge in [-0.1, -0.05) is 22.0 Å². The van der Waals surface area contributed by atoms with E-state index in [0.717, 1.165) is 4.47 Å². The Kier molecular flexibility index (Phi) is 5.82. The second-order valence-electron chi connectivity index (χ2n) is 4.75. The van der Waals surface area contributed by atoms with Crippen molar-refractivity contribution in [2.75, 3.05) is 13.7 Å². The summed E-state index contributed by atoms with van der Waals surface area (Å²) in [4.78, 5) is 13.5. The first-order chi connectivity index (χ1) is 8.82. The maximum atomic E-state index is 11.9. The molecule has 1 rings (SSSR count). The number of benzene rings is 1. The molecule has 0 aromatic heterocycles. The van der Waals surface area contributed by atoms with Gasteiger partial charge in [-0.25, -0.2) is 0 Å². The molecule has 0 aliphatic rings. The third-order valence-corrected chi connectivity index (χ3v) is 3.44. The van der Waals surface area contributed by atoms with Crippen molar-refractivity contribution in [2.45, 2.75) is 32.9 Å². The van der Waals surface area contributed by atoms with Crippen LogP contribution in [0.4, 0.5) is 0 Å². The second kappa shape index (κ2) is 6.91. The van der Waals surface area contributed by atoms with Crippen molar-refractivity contribution in [3.05, 3.63) is 28.2 Å². The first-order valence-electron chi connectivity index (χ1n) is 6.19. The fourth-order valence-corrected chi connectivity index (χ4v) is 1.85. The predicted molar refractivity (Wildman–Crippen MR) is 78.2 cm³/mol. The summed E-state index contributed by atoms with van der Waals surface area (Å²) >= 11 is 3.35. The van der Waals surface area contributed by atoms with Crippen molar-refractivity contribution >= 4 is 21.8 Å². The van der Waals surface area contributed by atoms with E-state index in [2.05, 4.69) is 15.9 Å². The highest BCUT2D eigenvalue weighted by Crippen LogP contribution is 2.28. The number of aliphatic hydroxyl groups excluding tert-OH is 1. The summed E-state index contributed by atoms with van der Waals surface area (Å²) < 4.78 is 6.38. The minimum atomic E-state index is -0.638. The fraction of sp³-hybridized carbons (Fsp3) is 0.500.